The summed E-state index contributed by atoms with van der Waals surface area (Å²) in [6.45, 7) is 12.1. The molecule has 1 aliphatic carbocycles. The topological polar surface area (TPSA) is 52.6 Å². The van der Waals surface area contributed by atoms with Gasteiger partial charge in [-0.15, -0.1) is 0 Å². The van der Waals surface area contributed by atoms with Gasteiger partial charge >= 0.3 is 11.9 Å². The van der Waals surface area contributed by atoms with Crippen LogP contribution in [-0.2, 0) is 19.1 Å². The third-order valence-corrected chi connectivity index (χ3v) is 2.73. The molecule has 4 heteroatoms. The molecule has 3 atom stereocenters. The Morgan fingerprint density at radius 3 is 1.94 bits per heavy atom. The van der Waals surface area contributed by atoms with E-state index < -0.39 is 11.9 Å². The van der Waals surface area contributed by atoms with Crippen molar-refractivity contribution in [2.24, 2.45) is 5.92 Å². The van der Waals surface area contributed by atoms with Gasteiger partial charge in [0.1, 0.15) is 12.2 Å². The van der Waals surface area contributed by atoms with Crippen molar-refractivity contribution < 1.29 is 19.1 Å². The second-order valence-electron chi connectivity index (χ2n) is 4.59. The minimum atomic E-state index is -0.446. The molecule has 0 heterocycles. The van der Waals surface area contributed by atoms with Crippen molar-refractivity contribution in [1.82, 2.24) is 0 Å². The SMILES string of the molecule is C=C(C)C(=O)OC1CC(C)C1OC(=O)C(=C)C. The number of rotatable bonds is 4. The summed E-state index contributed by atoms with van der Waals surface area (Å²) in [5.41, 5.74) is 0.684. The molecule has 1 rings (SSSR count). The second-order valence-corrected chi connectivity index (χ2v) is 4.59. The van der Waals surface area contributed by atoms with E-state index in [9.17, 15) is 9.59 Å². The molecule has 1 aliphatic rings. The van der Waals surface area contributed by atoms with Crippen molar-refractivity contribution in [2.45, 2.75) is 39.4 Å². The van der Waals surface area contributed by atoms with Crippen LogP contribution in [0.5, 0.6) is 0 Å². The lowest BCUT2D eigenvalue weighted by Gasteiger charge is -2.40. The van der Waals surface area contributed by atoms with Crippen LogP contribution in [0, 0.1) is 5.92 Å². The molecule has 0 aromatic heterocycles. The monoisotopic (exact) mass is 238 g/mol. The first-order chi connectivity index (χ1) is 7.82. The summed E-state index contributed by atoms with van der Waals surface area (Å²) >= 11 is 0. The number of esters is 2. The lowest BCUT2D eigenvalue weighted by Crippen LogP contribution is -2.50. The Bertz CT molecular complexity index is 370. The van der Waals surface area contributed by atoms with Crippen LogP contribution in [0.15, 0.2) is 24.3 Å². The van der Waals surface area contributed by atoms with Gasteiger partial charge in [0, 0.05) is 17.1 Å². The first kappa shape index (κ1) is 13.5. The maximum Gasteiger partial charge on any atom is 0.333 e. The Morgan fingerprint density at radius 2 is 1.53 bits per heavy atom. The molecule has 0 radical (unpaired) electrons. The van der Waals surface area contributed by atoms with Crippen LogP contribution in [0.2, 0.25) is 0 Å². The molecule has 0 aromatic rings. The largest absolute Gasteiger partial charge is 0.455 e. The zero-order valence-electron chi connectivity index (χ0n) is 10.5. The Kier molecular flexibility index (Phi) is 4.10. The minimum absolute atomic E-state index is 0.196. The van der Waals surface area contributed by atoms with E-state index in [1.165, 1.54) is 0 Å². The van der Waals surface area contributed by atoms with Gasteiger partial charge < -0.3 is 9.47 Å². The molecule has 0 saturated heterocycles. The molecular weight excluding hydrogens is 220 g/mol. The molecule has 17 heavy (non-hydrogen) atoms. The molecular formula is C13H18O4. The molecule has 0 N–H and O–H groups in total. The summed E-state index contributed by atoms with van der Waals surface area (Å²) in [5, 5.41) is 0. The fraction of sp³-hybridized carbons (Fsp3) is 0.538. The summed E-state index contributed by atoms with van der Waals surface area (Å²) in [4.78, 5) is 22.7. The summed E-state index contributed by atoms with van der Waals surface area (Å²) in [6, 6.07) is 0. The Balaban J connectivity index is 2.53. The van der Waals surface area contributed by atoms with Crippen molar-refractivity contribution in [3.8, 4) is 0 Å². The highest BCUT2D eigenvalue weighted by Gasteiger charge is 2.44. The summed E-state index contributed by atoms with van der Waals surface area (Å²) < 4.78 is 10.4. The van der Waals surface area contributed by atoms with Gasteiger partial charge in [-0.1, -0.05) is 20.1 Å². The number of hydrogen-bond donors (Lipinski definition) is 0. The zero-order valence-corrected chi connectivity index (χ0v) is 10.5. The van der Waals surface area contributed by atoms with E-state index in [1.807, 2.05) is 6.92 Å². The van der Waals surface area contributed by atoms with E-state index in [1.54, 1.807) is 13.8 Å². The lowest BCUT2D eigenvalue weighted by molar-refractivity contribution is -0.186. The van der Waals surface area contributed by atoms with E-state index >= 15 is 0 Å². The van der Waals surface area contributed by atoms with Gasteiger partial charge in [-0.25, -0.2) is 9.59 Å². The fourth-order valence-corrected chi connectivity index (χ4v) is 1.57. The highest BCUT2D eigenvalue weighted by atomic mass is 16.6. The number of carbonyl (C=O) groups excluding carboxylic acids is 2. The minimum Gasteiger partial charge on any atom is -0.455 e. The van der Waals surface area contributed by atoms with Gasteiger partial charge in [0.2, 0.25) is 0 Å². The summed E-state index contributed by atoms with van der Waals surface area (Å²) in [5.74, 6) is -0.697. The average molecular weight is 238 g/mol. The molecule has 94 valence electrons. The quantitative estimate of drug-likeness (QED) is 0.555. The van der Waals surface area contributed by atoms with E-state index in [-0.39, 0.29) is 18.1 Å². The highest BCUT2D eigenvalue weighted by molar-refractivity contribution is 5.88. The average Bonchev–Trinajstić information content (AvgIpc) is 2.24. The Labute approximate surface area is 101 Å². The van der Waals surface area contributed by atoms with Crippen molar-refractivity contribution >= 4 is 11.9 Å². The van der Waals surface area contributed by atoms with E-state index in [0.717, 1.165) is 0 Å². The van der Waals surface area contributed by atoms with Crippen molar-refractivity contribution in [1.29, 1.82) is 0 Å². The third-order valence-electron chi connectivity index (χ3n) is 2.73. The fourth-order valence-electron chi connectivity index (χ4n) is 1.57. The summed E-state index contributed by atoms with van der Waals surface area (Å²) in [6.07, 6.45) is -0.0346. The lowest BCUT2D eigenvalue weighted by atomic mass is 9.80. The molecule has 1 fully saturated rings. The van der Waals surface area contributed by atoms with Crippen LogP contribution >= 0.6 is 0 Å². The molecule has 0 aromatic carbocycles. The summed E-state index contributed by atoms with van der Waals surface area (Å²) in [7, 11) is 0. The van der Waals surface area contributed by atoms with Crippen LogP contribution in [-0.4, -0.2) is 24.1 Å². The van der Waals surface area contributed by atoms with E-state index in [0.29, 0.717) is 17.6 Å². The van der Waals surface area contributed by atoms with Gasteiger partial charge in [-0.05, 0) is 20.3 Å². The molecule has 4 nitrogen and oxygen atoms in total. The van der Waals surface area contributed by atoms with Crippen molar-refractivity contribution in [3.63, 3.8) is 0 Å². The predicted octanol–water partition coefficient (Wildman–Crippen LogP) is 2.00. The predicted molar refractivity (Wildman–Crippen MR) is 63.2 cm³/mol. The molecule has 0 bridgehead atoms. The maximum absolute atomic E-state index is 11.4. The van der Waals surface area contributed by atoms with Gasteiger partial charge in [-0.2, -0.15) is 0 Å². The van der Waals surface area contributed by atoms with Crippen LogP contribution in [0.3, 0.4) is 0 Å². The molecule has 0 spiro atoms. The number of carbonyl (C=O) groups is 2. The molecule has 0 aliphatic heterocycles. The molecule has 0 amide bonds. The smallest absolute Gasteiger partial charge is 0.333 e. The van der Waals surface area contributed by atoms with Crippen molar-refractivity contribution in [2.75, 3.05) is 0 Å². The number of ether oxygens (including phenoxy) is 2. The highest BCUT2D eigenvalue weighted by Crippen LogP contribution is 2.33. The maximum atomic E-state index is 11.4. The third kappa shape index (κ3) is 3.19. The van der Waals surface area contributed by atoms with Gasteiger partial charge in [0.05, 0.1) is 0 Å². The first-order valence-electron chi connectivity index (χ1n) is 5.56. The van der Waals surface area contributed by atoms with Crippen LogP contribution < -0.4 is 0 Å². The zero-order chi connectivity index (χ0) is 13.2. The van der Waals surface area contributed by atoms with Crippen LogP contribution in [0.1, 0.15) is 27.2 Å². The normalized spacial score (nSPS) is 26.6. The van der Waals surface area contributed by atoms with Crippen LogP contribution in [0.4, 0.5) is 0 Å². The Morgan fingerprint density at radius 1 is 1.06 bits per heavy atom. The molecule has 3 unspecified atom stereocenters. The van der Waals surface area contributed by atoms with E-state index in [4.69, 9.17) is 9.47 Å². The van der Waals surface area contributed by atoms with Gasteiger partial charge in [-0.3, -0.25) is 0 Å². The second kappa shape index (κ2) is 5.17. The first-order valence-corrected chi connectivity index (χ1v) is 5.56. The van der Waals surface area contributed by atoms with E-state index in [2.05, 4.69) is 13.2 Å². The standard InChI is InChI=1S/C13H18O4/c1-7(2)12(14)16-10-6-9(5)11(10)17-13(15)8(3)4/h9-11H,1,3,6H2,2,4-5H3. The van der Waals surface area contributed by atoms with Crippen molar-refractivity contribution in [3.05, 3.63) is 24.3 Å². The molecule has 1 saturated carbocycles. The Hall–Kier alpha value is -1.58. The number of hydrogen-bond acceptors (Lipinski definition) is 4. The van der Waals surface area contributed by atoms with Gasteiger partial charge in [0.15, 0.2) is 0 Å². The van der Waals surface area contributed by atoms with Crippen LogP contribution in [0.25, 0.3) is 0 Å². The van der Waals surface area contributed by atoms with Gasteiger partial charge in [0.25, 0.3) is 0 Å².